The SMILES string of the molecule is CC1(C)OB(c2cccc3c2Sc2ccccc2C32c3ccccc3-c3c(C#N)cccc32)OC1(C)C. The molecule has 0 N–H and O–H groups in total. The van der Waals surface area contributed by atoms with Crippen LogP contribution in [0.2, 0.25) is 0 Å². The fraction of sp³-hybridized carbons (Fsp3) is 0.219. The number of nitrogens with zero attached hydrogens (tertiary/aromatic N) is 1. The second-order valence-electron chi connectivity index (χ2n) is 11.0. The lowest BCUT2D eigenvalue weighted by atomic mass is 9.65. The van der Waals surface area contributed by atoms with E-state index in [0.29, 0.717) is 5.56 Å². The van der Waals surface area contributed by atoms with E-state index in [4.69, 9.17) is 9.31 Å². The first kappa shape index (κ1) is 22.9. The van der Waals surface area contributed by atoms with Crippen LogP contribution in [-0.4, -0.2) is 18.3 Å². The van der Waals surface area contributed by atoms with Crippen LogP contribution in [0.5, 0.6) is 0 Å². The summed E-state index contributed by atoms with van der Waals surface area (Å²) in [7, 11) is -0.462. The van der Waals surface area contributed by atoms with Gasteiger partial charge in [0.05, 0.1) is 28.2 Å². The summed E-state index contributed by atoms with van der Waals surface area (Å²) < 4.78 is 13.1. The molecule has 3 nitrogen and oxygen atoms in total. The molecule has 1 spiro atoms. The monoisotopic (exact) mass is 499 g/mol. The number of benzene rings is 4. The van der Waals surface area contributed by atoms with Gasteiger partial charge in [-0.3, -0.25) is 0 Å². The fourth-order valence-electron chi connectivity index (χ4n) is 6.24. The molecule has 0 radical (unpaired) electrons. The van der Waals surface area contributed by atoms with Crippen molar-refractivity contribution in [1.82, 2.24) is 0 Å². The summed E-state index contributed by atoms with van der Waals surface area (Å²) in [6.45, 7) is 8.39. The van der Waals surface area contributed by atoms with Gasteiger partial charge >= 0.3 is 7.12 Å². The van der Waals surface area contributed by atoms with Crippen molar-refractivity contribution in [2.45, 2.75) is 54.1 Å². The van der Waals surface area contributed by atoms with Gasteiger partial charge in [-0.2, -0.15) is 5.26 Å². The highest BCUT2D eigenvalue weighted by molar-refractivity contribution is 7.99. The first-order valence-corrected chi connectivity index (χ1v) is 13.5. The van der Waals surface area contributed by atoms with Crippen LogP contribution in [0.4, 0.5) is 0 Å². The largest absolute Gasteiger partial charge is 0.496 e. The van der Waals surface area contributed by atoms with E-state index in [2.05, 4.69) is 107 Å². The molecule has 3 aliphatic rings. The molecule has 2 heterocycles. The fourth-order valence-corrected chi connectivity index (χ4v) is 7.55. The highest BCUT2D eigenvalue weighted by Gasteiger charge is 2.55. The van der Waals surface area contributed by atoms with Gasteiger partial charge in [0.25, 0.3) is 0 Å². The molecule has 0 amide bonds. The molecular formula is C32H26BNO2S. The van der Waals surface area contributed by atoms with Gasteiger partial charge in [0.2, 0.25) is 0 Å². The van der Waals surface area contributed by atoms with E-state index in [1.165, 1.54) is 26.5 Å². The average Bonchev–Trinajstić information content (AvgIpc) is 3.31. The standard InChI is InChI=1S/C32H26BNO2S/c1-30(2)31(3,4)36-33(35-30)26-17-10-16-25-29(26)37-27-18-8-7-14-23(27)32(25)22-13-6-5-12-21(22)28-20(19-34)11-9-15-24(28)32/h5-18H,1-4H3. The predicted molar refractivity (Wildman–Crippen MR) is 148 cm³/mol. The number of nitriles is 1. The highest BCUT2D eigenvalue weighted by Crippen LogP contribution is 2.62. The summed E-state index contributed by atoms with van der Waals surface area (Å²) in [5, 5.41) is 10.1. The molecule has 1 aliphatic carbocycles. The zero-order chi connectivity index (χ0) is 25.6. The van der Waals surface area contributed by atoms with Crippen LogP contribution in [0, 0.1) is 11.3 Å². The van der Waals surface area contributed by atoms with Gasteiger partial charge in [-0.25, -0.2) is 0 Å². The lowest BCUT2D eigenvalue weighted by Crippen LogP contribution is -2.41. The van der Waals surface area contributed by atoms with Crippen molar-refractivity contribution >= 4 is 24.3 Å². The van der Waals surface area contributed by atoms with E-state index in [0.717, 1.165) is 22.2 Å². The molecule has 1 atom stereocenters. The molecule has 5 heteroatoms. The maximum absolute atomic E-state index is 10.1. The lowest BCUT2D eigenvalue weighted by Gasteiger charge is -2.40. The van der Waals surface area contributed by atoms with Gasteiger partial charge in [-0.1, -0.05) is 84.6 Å². The second-order valence-corrected chi connectivity index (χ2v) is 12.1. The van der Waals surface area contributed by atoms with Crippen LogP contribution < -0.4 is 5.46 Å². The number of hydrogen-bond donors (Lipinski definition) is 0. The molecule has 1 unspecified atom stereocenters. The smallest absolute Gasteiger partial charge is 0.399 e. The minimum absolute atomic E-state index is 0.427. The van der Waals surface area contributed by atoms with Gasteiger partial charge in [0.15, 0.2) is 0 Å². The van der Waals surface area contributed by atoms with E-state index in [-0.39, 0.29) is 0 Å². The number of rotatable bonds is 1. The van der Waals surface area contributed by atoms with E-state index in [1.807, 2.05) is 12.1 Å². The highest BCUT2D eigenvalue weighted by atomic mass is 32.2. The zero-order valence-electron chi connectivity index (χ0n) is 21.3. The molecule has 1 fully saturated rings. The molecule has 4 aromatic rings. The Labute approximate surface area is 222 Å². The van der Waals surface area contributed by atoms with Crippen molar-refractivity contribution in [3.05, 3.63) is 113 Å². The maximum atomic E-state index is 10.1. The Morgan fingerprint density at radius 3 is 2.08 bits per heavy atom. The van der Waals surface area contributed by atoms with E-state index in [1.54, 1.807) is 11.8 Å². The van der Waals surface area contributed by atoms with E-state index in [9.17, 15) is 5.26 Å². The third-order valence-corrected chi connectivity index (χ3v) is 9.88. The van der Waals surface area contributed by atoms with Crippen LogP contribution in [0.15, 0.2) is 94.7 Å². The molecule has 0 saturated carbocycles. The minimum atomic E-state index is -0.532. The Morgan fingerprint density at radius 2 is 1.32 bits per heavy atom. The quantitative estimate of drug-likeness (QED) is 0.237. The van der Waals surface area contributed by atoms with Crippen LogP contribution in [0.25, 0.3) is 11.1 Å². The second kappa shape index (κ2) is 7.62. The molecule has 0 aromatic heterocycles. The average molecular weight is 499 g/mol. The van der Waals surface area contributed by atoms with E-state index >= 15 is 0 Å². The predicted octanol–water partition coefficient (Wildman–Crippen LogP) is 6.69. The Balaban J connectivity index is 1.58. The van der Waals surface area contributed by atoms with Crippen molar-refractivity contribution in [3.63, 3.8) is 0 Å². The van der Waals surface area contributed by atoms with Gasteiger partial charge in [0.1, 0.15) is 0 Å². The minimum Gasteiger partial charge on any atom is -0.399 e. The Kier molecular flexibility index (Phi) is 4.71. The molecule has 0 bridgehead atoms. The number of fused-ring (bicyclic) bond motifs is 9. The molecular weight excluding hydrogens is 473 g/mol. The molecule has 180 valence electrons. The summed E-state index contributed by atoms with van der Waals surface area (Å²) in [6.07, 6.45) is 0. The lowest BCUT2D eigenvalue weighted by molar-refractivity contribution is 0.00578. The molecule has 4 aromatic carbocycles. The van der Waals surface area contributed by atoms with Crippen LogP contribution in [-0.2, 0) is 14.7 Å². The van der Waals surface area contributed by atoms with Crippen molar-refractivity contribution in [2.75, 3.05) is 0 Å². The van der Waals surface area contributed by atoms with Gasteiger partial charge < -0.3 is 9.31 Å². The summed E-state index contributed by atoms with van der Waals surface area (Å²) >= 11 is 1.79. The molecule has 7 rings (SSSR count). The summed E-state index contributed by atoms with van der Waals surface area (Å²) in [4.78, 5) is 2.38. The van der Waals surface area contributed by atoms with Crippen molar-refractivity contribution in [2.24, 2.45) is 0 Å². The molecule has 2 aliphatic heterocycles. The van der Waals surface area contributed by atoms with Crippen LogP contribution in [0.1, 0.15) is 55.5 Å². The van der Waals surface area contributed by atoms with Crippen molar-refractivity contribution < 1.29 is 9.31 Å². The Bertz CT molecular complexity index is 1640. The third kappa shape index (κ3) is 2.87. The van der Waals surface area contributed by atoms with E-state index < -0.39 is 23.7 Å². The van der Waals surface area contributed by atoms with Crippen molar-refractivity contribution in [3.8, 4) is 17.2 Å². The van der Waals surface area contributed by atoms with Gasteiger partial charge in [-0.15, -0.1) is 0 Å². The van der Waals surface area contributed by atoms with Crippen LogP contribution in [0.3, 0.4) is 0 Å². The normalized spacial score (nSPS) is 21.6. The zero-order valence-corrected chi connectivity index (χ0v) is 22.1. The number of hydrogen-bond acceptors (Lipinski definition) is 4. The van der Waals surface area contributed by atoms with Gasteiger partial charge in [0, 0.05) is 15.4 Å². The molecule has 1 saturated heterocycles. The first-order valence-electron chi connectivity index (χ1n) is 12.7. The Hall–Kier alpha value is -3.30. The van der Waals surface area contributed by atoms with Crippen LogP contribution >= 0.6 is 11.8 Å². The maximum Gasteiger partial charge on any atom is 0.496 e. The Morgan fingerprint density at radius 1 is 0.703 bits per heavy atom. The van der Waals surface area contributed by atoms with Gasteiger partial charge in [-0.05, 0) is 73.1 Å². The first-order chi connectivity index (χ1) is 17.8. The topological polar surface area (TPSA) is 42.2 Å². The summed E-state index contributed by atoms with van der Waals surface area (Å²) in [5.74, 6) is 0. The summed E-state index contributed by atoms with van der Waals surface area (Å²) in [6, 6.07) is 32.4. The van der Waals surface area contributed by atoms with Crippen molar-refractivity contribution in [1.29, 1.82) is 5.26 Å². The summed E-state index contributed by atoms with van der Waals surface area (Å²) in [5.41, 5.74) is 7.38. The third-order valence-electron chi connectivity index (χ3n) is 8.65. The molecule has 37 heavy (non-hydrogen) atoms.